The second kappa shape index (κ2) is 6.64. The summed E-state index contributed by atoms with van der Waals surface area (Å²) in [5.74, 6) is -0.959. The number of aliphatic carboxylic acids is 1. The maximum absolute atomic E-state index is 12.5. The molecule has 0 aromatic rings. The Morgan fingerprint density at radius 2 is 1.86 bits per heavy atom. The van der Waals surface area contributed by atoms with Crippen LogP contribution >= 0.6 is 0 Å². The normalized spacial score (nSPS) is 34.1. The number of carboxylic acids is 1. The quantitative estimate of drug-likeness (QED) is 0.677. The van der Waals surface area contributed by atoms with E-state index in [1.54, 1.807) is 6.92 Å². The van der Waals surface area contributed by atoms with Crippen molar-refractivity contribution in [3.8, 4) is 0 Å². The van der Waals surface area contributed by atoms with Crippen molar-refractivity contribution in [1.82, 2.24) is 10.2 Å². The number of nitrogens with one attached hydrogen (secondary N) is 1. The number of carbonyl (C=O) groups is 2. The van der Waals surface area contributed by atoms with Crippen LogP contribution < -0.4 is 5.32 Å². The molecule has 6 nitrogen and oxygen atoms in total. The number of hydrogen-bond donors (Lipinski definition) is 3. The van der Waals surface area contributed by atoms with Crippen molar-refractivity contribution in [3.05, 3.63) is 0 Å². The zero-order valence-corrected chi connectivity index (χ0v) is 12.7. The van der Waals surface area contributed by atoms with Crippen LogP contribution in [0.25, 0.3) is 0 Å². The standard InChI is InChI=1S/C15H26N2O4/c1-15(13(19)20)9-5-6-10-17(15)14(21)16-11-7-3-2-4-8-12(11)18/h11-12,18H,2-10H2,1H3,(H,16,21)(H,19,20). The number of aliphatic hydroxyl groups excluding tert-OH is 1. The fraction of sp³-hybridized carbons (Fsp3) is 0.867. The molecule has 3 unspecified atom stereocenters. The molecule has 1 aliphatic carbocycles. The topological polar surface area (TPSA) is 89.9 Å². The zero-order chi connectivity index (χ0) is 15.5. The number of aliphatic hydroxyl groups is 1. The molecule has 2 aliphatic rings. The van der Waals surface area contributed by atoms with Crippen LogP contribution in [-0.2, 0) is 4.79 Å². The monoisotopic (exact) mass is 298 g/mol. The molecule has 0 spiro atoms. The highest BCUT2D eigenvalue weighted by atomic mass is 16.4. The minimum absolute atomic E-state index is 0.264. The number of carbonyl (C=O) groups excluding carboxylic acids is 1. The minimum Gasteiger partial charge on any atom is -0.480 e. The average Bonchev–Trinajstić information content (AvgIpc) is 2.64. The first kappa shape index (κ1) is 16.1. The summed E-state index contributed by atoms with van der Waals surface area (Å²) in [6, 6.07) is -0.620. The zero-order valence-electron chi connectivity index (χ0n) is 12.7. The summed E-state index contributed by atoms with van der Waals surface area (Å²) >= 11 is 0. The fourth-order valence-electron chi connectivity index (χ4n) is 3.36. The summed E-state index contributed by atoms with van der Waals surface area (Å²) in [5, 5.41) is 22.4. The molecule has 2 amide bonds. The van der Waals surface area contributed by atoms with Gasteiger partial charge in [-0.2, -0.15) is 0 Å². The van der Waals surface area contributed by atoms with Crippen molar-refractivity contribution in [2.24, 2.45) is 0 Å². The number of piperidine rings is 1. The van der Waals surface area contributed by atoms with E-state index in [1.165, 1.54) is 4.90 Å². The lowest BCUT2D eigenvalue weighted by Gasteiger charge is -2.42. The van der Waals surface area contributed by atoms with Gasteiger partial charge in [-0.3, -0.25) is 0 Å². The highest BCUT2D eigenvalue weighted by Crippen LogP contribution is 2.28. The molecule has 2 rings (SSSR count). The molecule has 1 saturated carbocycles. The molecule has 21 heavy (non-hydrogen) atoms. The number of likely N-dealkylation sites (tertiary alicyclic amines) is 1. The minimum atomic E-state index is -1.14. The SMILES string of the molecule is CC1(C(=O)O)CCCCN1C(=O)NC1CCCCCC1O. The van der Waals surface area contributed by atoms with Gasteiger partial charge in [0.2, 0.25) is 0 Å². The van der Waals surface area contributed by atoms with E-state index >= 15 is 0 Å². The van der Waals surface area contributed by atoms with E-state index in [0.29, 0.717) is 19.4 Å². The smallest absolute Gasteiger partial charge is 0.329 e. The number of amides is 2. The molecule has 2 fully saturated rings. The van der Waals surface area contributed by atoms with E-state index in [1.807, 2.05) is 0 Å². The first-order chi connectivity index (χ1) is 9.95. The number of nitrogens with zero attached hydrogens (tertiary/aromatic N) is 1. The molecule has 1 heterocycles. The highest BCUT2D eigenvalue weighted by Gasteiger charge is 2.44. The molecule has 120 valence electrons. The van der Waals surface area contributed by atoms with Gasteiger partial charge in [-0.15, -0.1) is 0 Å². The van der Waals surface area contributed by atoms with Crippen LogP contribution in [0.4, 0.5) is 4.79 Å². The molecule has 0 radical (unpaired) electrons. The van der Waals surface area contributed by atoms with Crippen LogP contribution in [0.5, 0.6) is 0 Å². The third kappa shape index (κ3) is 3.48. The van der Waals surface area contributed by atoms with E-state index in [4.69, 9.17) is 0 Å². The van der Waals surface area contributed by atoms with Crippen molar-refractivity contribution in [2.45, 2.75) is 76.0 Å². The summed E-state index contributed by atoms with van der Waals surface area (Å²) in [4.78, 5) is 25.4. The van der Waals surface area contributed by atoms with Gasteiger partial charge in [-0.05, 0) is 39.0 Å². The van der Waals surface area contributed by atoms with Crippen molar-refractivity contribution in [3.63, 3.8) is 0 Å². The van der Waals surface area contributed by atoms with Crippen molar-refractivity contribution in [2.75, 3.05) is 6.54 Å². The predicted octanol–water partition coefficient (Wildman–Crippen LogP) is 1.72. The van der Waals surface area contributed by atoms with Gasteiger partial charge in [0.25, 0.3) is 0 Å². The van der Waals surface area contributed by atoms with Gasteiger partial charge in [0.05, 0.1) is 12.1 Å². The maximum atomic E-state index is 12.5. The van der Waals surface area contributed by atoms with E-state index in [0.717, 1.165) is 38.5 Å². The number of rotatable bonds is 2. The van der Waals surface area contributed by atoms with Crippen LogP contribution in [-0.4, -0.2) is 51.3 Å². The molecule has 3 N–H and O–H groups in total. The Hall–Kier alpha value is -1.30. The summed E-state index contributed by atoms with van der Waals surface area (Å²) < 4.78 is 0. The Kier molecular flexibility index (Phi) is 5.08. The van der Waals surface area contributed by atoms with Gasteiger partial charge in [0, 0.05) is 6.54 Å². The van der Waals surface area contributed by atoms with Crippen LogP contribution in [0.15, 0.2) is 0 Å². The molecule has 1 saturated heterocycles. The summed E-state index contributed by atoms with van der Waals surface area (Å²) in [6.45, 7) is 2.06. The molecular weight excluding hydrogens is 272 g/mol. The molecule has 6 heteroatoms. The van der Waals surface area contributed by atoms with Gasteiger partial charge < -0.3 is 20.4 Å². The van der Waals surface area contributed by atoms with E-state index in [2.05, 4.69) is 5.32 Å². The average molecular weight is 298 g/mol. The van der Waals surface area contributed by atoms with Crippen LogP contribution in [0.1, 0.15) is 58.3 Å². The molecule has 0 bridgehead atoms. The lowest BCUT2D eigenvalue weighted by atomic mass is 9.89. The van der Waals surface area contributed by atoms with E-state index < -0.39 is 17.6 Å². The van der Waals surface area contributed by atoms with Gasteiger partial charge in [0.1, 0.15) is 5.54 Å². The molecular formula is C15H26N2O4. The van der Waals surface area contributed by atoms with Crippen molar-refractivity contribution >= 4 is 12.0 Å². The molecule has 1 aliphatic heterocycles. The fourth-order valence-corrected chi connectivity index (χ4v) is 3.36. The number of hydrogen-bond acceptors (Lipinski definition) is 3. The Balaban J connectivity index is 2.05. The van der Waals surface area contributed by atoms with Gasteiger partial charge >= 0.3 is 12.0 Å². The van der Waals surface area contributed by atoms with Crippen LogP contribution in [0, 0.1) is 0 Å². The maximum Gasteiger partial charge on any atom is 0.329 e. The lowest BCUT2D eigenvalue weighted by Crippen LogP contribution is -2.61. The molecule has 0 aromatic carbocycles. The molecule has 0 aromatic heterocycles. The predicted molar refractivity (Wildman–Crippen MR) is 78.0 cm³/mol. The van der Waals surface area contributed by atoms with E-state index in [-0.39, 0.29) is 12.1 Å². The first-order valence-electron chi connectivity index (χ1n) is 7.95. The Labute approximate surface area is 125 Å². The Bertz CT molecular complexity index is 401. The van der Waals surface area contributed by atoms with E-state index in [9.17, 15) is 19.8 Å². The highest BCUT2D eigenvalue weighted by molar-refractivity contribution is 5.86. The third-order valence-electron chi connectivity index (χ3n) is 4.89. The van der Waals surface area contributed by atoms with Crippen molar-refractivity contribution < 1.29 is 19.8 Å². The summed E-state index contributed by atoms with van der Waals surface area (Å²) in [7, 11) is 0. The summed E-state index contributed by atoms with van der Waals surface area (Å²) in [6.07, 6.45) is 6.07. The largest absolute Gasteiger partial charge is 0.480 e. The third-order valence-corrected chi connectivity index (χ3v) is 4.89. The number of urea groups is 1. The Morgan fingerprint density at radius 3 is 2.57 bits per heavy atom. The summed E-state index contributed by atoms with van der Waals surface area (Å²) in [5.41, 5.74) is -1.14. The lowest BCUT2D eigenvalue weighted by molar-refractivity contribution is -0.150. The first-order valence-corrected chi connectivity index (χ1v) is 7.95. The van der Waals surface area contributed by atoms with Crippen molar-refractivity contribution in [1.29, 1.82) is 0 Å². The van der Waals surface area contributed by atoms with Gasteiger partial charge in [0.15, 0.2) is 0 Å². The number of carboxylic acid groups (broad SMARTS) is 1. The van der Waals surface area contributed by atoms with Gasteiger partial charge in [-0.1, -0.05) is 19.3 Å². The second-order valence-corrected chi connectivity index (χ2v) is 6.45. The molecule has 3 atom stereocenters. The van der Waals surface area contributed by atoms with Crippen LogP contribution in [0.2, 0.25) is 0 Å². The van der Waals surface area contributed by atoms with Crippen LogP contribution in [0.3, 0.4) is 0 Å². The Morgan fingerprint density at radius 1 is 1.14 bits per heavy atom. The second-order valence-electron chi connectivity index (χ2n) is 6.45. The van der Waals surface area contributed by atoms with Gasteiger partial charge in [-0.25, -0.2) is 9.59 Å².